The molecule has 1 aromatic heterocycles. The van der Waals surface area contributed by atoms with E-state index in [9.17, 15) is 4.79 Å². The lowest BCUT2D eigenvalue weighted by Crippen LogP contribution is -2.15. The molecule has 1 aromatic rings. The van der Waals surface area contributed by atoms with Crippen LogP contribution in [0.15, 0.2) is 31.0 Å². The zero-order valence-electron chi connectivity index (χ0n) is 7.86. The van der Waals surface area contributed by atoms with Gasteiger partial charge in [-0.1, -0.05) is 6.08 Å². The molecule has 0 aliphatic heterocycles. The van der Waals surface area contributed by atoms with E-state index in [-0.39, 0.29) is 0 Å². The van der Waals surface area contributed by atoms with Crippen molar-refractivity contribution < 1.29 is 4.79 Å². The minimum atomic E-state index is -0.473. The number of rotatable bonds is 5. The van der Waals surface area contributed by atoms with Crippen LogP contribution in [0.4, 0.5) is 5.82 Å². The number of aromatic nitrogens is 1. The van der Waals surface area contributed by atoms with Crippen molar-refractivity contribution in [1.29, 1.82) is 0 Å². The Kier molecular flexibility index (Phi) is 3.67. The van der Waals surface area contributed by atoms with Gasteiger partial charge in [0.1, 0.15) is 5.82 Å². The molecule has 1 heterocycles. The Morgan fingerprint density at radius 3 is 3.14 bits per heavy atom. The second kappa shape index (κ2) is 5.01. The Morgan fingerprint density at radius 1 is 1.71 bits per heavy atom. The maximum Gasteiger partial charge on any atom is 0.252 e. The number of hydrogen-bond acceptors (Lipinski definition) is 3. The maximum atomic E-state index is 11.0. The van der Waals surface area contributed by atoms with Gasteiger partial charge in [0.25, 0.3) is 5.91 Å². The molecule has 0 saturated heterocycles. The zero-order chi connectivity index (χ0) is 10.4. The molecule has 0 fully saturated rings. The van der Waals surface area contributed by atoms with Crippen LogP contribution in [0.2, 0.25) is 0 Å². The maximum absolute atomic E-state index is 11.0. The van der Waals surface area contributed by atoms with Crippen LogP contribution < -0.4 is 11.1 Å². The zero-order valence-corrected chi connectivity index (χ0v) is 7.86. The minimum Gasteiger partial charge on any atom is -0.369 e. The summed E-state index contributed by atoms with van der Waals surface area (Å²) in [6.45, 7) is 4.29. The molecule has 0 spiro atoms. The number of pyridine rings is 1. The summed E-state index contributed by atoms with van der Waals surface area (Å²) >= 11 is 0. The van der Waals surface area contributed by atoms with Crippen LogP contribution >= 0.6 is 0 Å². The van der Waals surface area contributed by atoms with Crippen LogP contribution in [0.3, 0.4) is 0 Å². The van der Waals surface area contributed by atoms with Crippen molar-refractivity contribution in [1.82, 2.24) is 4.98 Å². The van der Waals surface area contributed by atoms with Crippen molar-refractivity contribution in [2.75, 3.05) is 11.9 Å². The van der Waals surface area contributed by atoms with Gasteiger partial charge in [0, 0.05) is 12.7 Å². The van der Waals surface area contributed by atoms with E-state index in [0.29, 0.717) is 17.9 Å². The summed E-state index contributed by atoms with van der Waals surface area (Å²) in [6.07, 6.45) is 4.22. The Balaban J connectivity index is 2.74. The highest BCUT2D eigenvalue weighted by Gasteiger charge is 2.06. The Morgan fingerprint density at radius 2 is 2.50 bits per heavy atom. The molecule has 0 aliphatic rings. The molecule has 4 heteroatoms. The van der Waals surface area contributed by atoms with E-state index < -0.39 is 5.91 Å². The van der Waals surface area contributed by atoms with E-state index in [0.717, 1.165) is 6.42 Å². The van der Waals surface area contributed by atoms with Crippen molar-refractivity contribution in [3.63, 3.8) is 0 Å². The molecule has 0 bridgehead atoms. The molecule has 0 saturated carbocycles. The average Bonchev–Trinajstić information content (AvgIpc) is 2.19. The van der Waals surface area contributed by atoms with Gasteiger partial charge in [0.2, 0.25) is 0 Å². The molecule has 14 heavy (non-hydrogen) atoms. The third-order valence-electron chi connectivity index (χ3n) is 1.71. The van der Waals surface area contributed by atoms with Crippen LogP contribution in [0.5, 0.6) is 0 Å². The van der Waals surface area contributed by atoms with E-state index >= 15 is 0 Å². The number of carbonyl (C=O) groups is 1. The van der Waals surface area contributed by atoms with E-state index in [1.54, 1.807) is 24.4 Å². The number of primary amides is 1. The number of nitrogens with zero attached hydrogens (tertiary/aromatic N) is 1. The van der Waals surface area contributed by atoms with Gasteiger partial charge in [-0.25, -0.2) is 4.98 Å². The number of carbonyl (C=O) groups excluding carboxylic acids is 1. The van der Waals surface area contributed by atoms with E-state index in [4.69, 9.17) is 5.73 Å². The predicted octanol–water partition coefficient (Wildman–Crippen LogP) is 1.17. The van der Waals surface area contributed by atoms with Gasteiger partial charge < -0.3 is 11.1 Å². The first-order chi connectivity index (χ1) is 6.75. The summed E-state index contributed by atoms with van der Waals surface area (Å²) < 4.78 is 0. The smallest absolute Gasteiger partial charge is 0.252 e. The SMILES string of the molecule is C=CCCNc1ncccc1C(N)=O. The first-order valence-electron chi connectivity index (χ1n) is 4.35. The van der Waals surface area contributed by atoms with Crippen molar-refractivity contribution in [2.45, 2.75) is 6.42 Å². The van der Waals surface area contributed by atoms with Gasteiger partial charge in [-0.3, -0.25) is 4.79 Å². The second-order valence-corrected chi connectivity index (χ2v) is 2.77. The Hall–Kier alpha value is -1.84. The van der Waals surface area contributed by atoms with Gasteiger partial charge in [0.15, 0.2) is 0 Å². The lowest BCUT2D eigenvalue weighted by molar-refractivity contribution is 0.100. The average molecular weight is 191 g/mol. The molecule has 74 valence electrons. The Bertz CT molecular complexity index is 336. The highest BCUT2D eigenvalue weighted by atomic mass is 16.1. The standard InChI is InChI=1S/C10H13N3O/c1-2-3-6-12-10-8(9(11)14)5-4-7-13-10/h2,4-5,7H,1,3,6H2,(H2,11,14)(H,12,13). The van der Waals surface area contributed by atoms with Gasteiger partial charge in [-0.2, -0.15) is 0 Å². The molecule has 3 N–H and O–H groups in total. The number of nitrogens with one attached hydrogen (secondary N) is 1. The lowest BCUT2D eigenvalue weighted by atomic mass is 10.2. The largest absolute Gasteiger partial charge is 0.369 e. The molecule has 0 aromatic carbocycles. The summed E-state index contributed by atoms with van der Waals surface area (Å²) in [5.74, 6) is 0.0565. The molecule has 0 radical (unpaired) electrons. The van der Waals surface area contributed by atoms with Crippen molar-refractivity contribution in [3.8, 4) is 0 Å². The highest BCUT2D eigenvalue weighted by Crippen LogP contribution is 2.09. The number of nitrogens with two attached hydrogens (primary N) is 1. The quantitative estimate of drug-likeness (QED) is 0.542. The fourth-order valence-corrected chi connectivity index (χ4v) is 1.04. The van der Waals surface area contributed by atoms with Crippen molar-refractivity contribution in [2.24, 2.45) is 5.73 Å². The van der Waals surface area contributed by atoms with E-state index in [1.165, 1.54) is 0 Å². The number of hydrogen-bond donors (Lipinski definition) is 2. The Labute approximate surface area is 82.8 Å². The molecule has 1 rings (SSSR count). The van der Waals surface area contributed by atoms with E-state index in [1.807, 2.05) is 0 Å². The van der Waals surface area contributed by atoms with Crippen LogP contribution in [-0.2, 0) is 0 Å². The third kappa shape index (κ3) is 2.58. The topological polar surface area (TPSA) is 68.0 Å². The molecule has 0 atom stereocenters. The summed E-state index contributed by atoms with van der Waals surface area (Å²) in [7, 11) is 0. The summed E-state index contributed by atoms with van der Waals surface area (Å²) in [6, 6.07) is 3.32. The van der Waals surface area contributed by atoms with Crippen LogP contribution in [0.1, 0.15) is 16.8 Å². The molecular weight excluding hydrogens is 178 g/mol. The van der Waals surface area contributed by atoms with Gasteiger partial charge >= 0.3 is 0 Å². The van der Waals surface area contributed by atoms with Gasteiger partial charge in [-0.05, 0) is 18.6 Å². The minimum absolute atomic E-state index is 0.413. The number of amides is 1. The van der Waals surface area contributed by atoms with Gasteiger partial charge in [-0.15, -0.1) is 6.58 Å². The van der Waals surface area contributed by atoms with Crippen molar-refractivity contribution in [3.05, 3.63) is 36.5 Å². The van der Waals surface area contributed by atoms with E-state index in [2.05, 4.69) is 16.9 Å². The lowest BCUT2D eigenvalue weighted by Gasteiger charge is -2.06. The molecule has 0 unspecified atom stereocenters. The molecule has 0 aliphatic carbocycles. The molecule has 1 amide bonds. The monoisotopic (exact) mass is 191 g/mol. The highest BCUT2D eigenvalue weighted by molar-refractivity contribution is 5.97. The third-order valence-corrected chi connectivity index (χ3v) is 1.71. The second-order valence-electron chi connectivity index (χ2n) is 2.77. The normalized spacial score (nSPS) is 9.43. The summed E-state index contributed by atoms with van der Waals surface area (Å²) in [5.41, 5.74) is 5.59. The summed E-state index contributed by atoms with van der Waals surface area (Å²) in [5, 5.41) is 3.01. The van der Waals surface area contributed by atoms with Crippen LogP contribution in [0, 0.1) is 0 Å². The predicted molar refractivity (Wildman–Crippen MR) is 56.1 cm³/mol. The van der Waals surface area contributed by atoms with Gasteiger partial charge in [0.05, 0.1) is 5.56 Å². The first kappa shape index (κ1) is 10.2. The molecular formula is C10H13N3O. The summed E-state index contributed by atoms with van der Waals surface area (Å²) in [4.78, 5) is 15.0. The van der Waals surface area contributed by atoms with Crippen LogP contribution in [0.25, 0.3) is 0 Å². The number of anilines is 1. The fraction of sp³-hybridized carbons (Fsp3) is 0.200. The van der Waals surface area contributed by atoms with Crippen molar-refractivity contribution >= 4 is 11.7 Å². The fourth-order valence-electron chi connectivity index (χ4n) is 1.04. The molecule has 4 nitrogen and oxygen atoms in total. The van der Waals surface area contributed by atoms with Crippen LogP contribution in [-0.4, -0.2) is 17.4 Å². The first-order valence-corrected chi connectivity index (χ1v) is 4.35.